The van der Waals surface area contributed by atoms with Crippen molar-refractivity contribution in [1.29, 1.82) is 0 Å². The average Bonchev–Trinajstić information content (AvgIpc) is 2.63. The van der Waals surface area contributed by atoms with Gasteiger partial charge in [-0.2, -0.15) is 0 Å². The first-order chi connectivity index (χ1) is 12.0. The van der Waals surface area contributed by atoms with Gasteiger partial charge in [-0.3, -0.25) is 14.6 Å². The van der Waals surface area contributed by atoms with Gasteiger partial charge in [-0.25, -0.2) is 0 Å². The molecular weight excluding hydrogens is 314 g/mol. The number of anilines is 1. The van der Waals surface area contributed by atoms with Crippen molar-refractivity contribution in [1.82, 2.24) is 9.88 Å². The molecule has 130 valence electrons. The van der Waals surface area contributed by atoms with E-state index in [0.717, 1.165) is 29.7 Å². The Balaban J connectivity index is 1.60. The first kappa shape index (κ1) is 17.1. The van der Waals surface area contributed by atoms with Gasteiger partial charge in [0, 0.05) is 45.1 Å². The molecule has 25 heavy (non-hydrogen) atoms. The number of carbonyl (C=O) groups is 2. The molecule has 1 aromatic carbocycles. The SMILES string of the molecule is CN(CCc1ccncc1)C(=O)Cc1ccc2c(c1)CCC(=O)N2C. The molecular formula is C20H23N3O2. The first-order valence-electron chi connectivity index (χ1n) is 8.56. The number of hydrogen-bond acceptors (Lipinski definition) is 3. The Kier molecular flexibility index (Phi) is 5.12. The Labute approximate surface area is 148 Å². The molecule has 3 rings (SSSR count). The fraction of sp³-hybridized carbons (Fsp3) is 0.350. The van der Waals surface area contributed by atoms with Gasteiger partial charge in [0.25, 0.3) is 0 Å². The maximum atomic E-state index is 12.5. The third-order valence-corrected chi connectivity index (χ3v) is 4.75. The van der Waals surface area contributed by atoms with Crippen molar-refractivity contribution >= 4 is 17.5 Å². The van der Waals surface area contributed by atoms with E-state index in [1.807, 2.05) is 31.3 Å². The van der Waals surface area contributed by atoms with Gasteiger partial charge in [0.05, 0.1) is 6.42 Å². The second kappa shape index (κ2) is 7.47. The third kappa shape index (κ3) is 4.05. The fourth-order valence-corrected chi connectivity index (χ4v) is 3.10. The highest BCUT2D eigenvalue weighted by Crippen LogP contribution is 2.27. The summed E-state index contributed by atoms with van der Waals surface area (Å²) in [5, 5.41) is 0. The Hall–Kier alpha value is -2.69. The average molecular weight is 337 g/mol. The summed E-state index contributed by atoms with van der Waals surface area (Å²) < 4.78 is 0. The van der Waals surface area contributed by atoms with E-state index >= 15 is 0 Å². The number of aromatic nitrogens is 1. The number of benzene rings is 1. The molecule has 5 nitrogen and oxygen atoms in total. The van der Waals surface area contributed by atoms with E-state index in [4.69, 9.17) is 0 Å². The van der Waals surface area contributed by atoms with Crippen molar-refractivity contribution < 1.29 is 9.59 Å². The van der Waals surface area contributed by atoms with E-state index in [1.54, 1.807) is 29.2 Å². The maximum Gasteiger partial charge on any atom is 0.227 e. The van der Waals surface area contributed by atoms with E-state index in [1.165, 1.54) is 5.56 Å². The Bertz CT molecular complexity index is 774. The second-order valence-electron chi connectivity index (χ2n) is 6.51. The number of likely N-dealkylation sites (N-methyl/N-ethyl adjacent to an activating group) is 1. The van der Waals surface area contributed by atoms with Crippen LogP contribution in [-0.4, -0.2) is 42.3 Å². The highest BCUT2D eigenvalue weighted by molar-refractivity contribution is 5.96. The maximum absolute atomic E-state index is 12.5. The van der Waals surface area contributed by atoms with E-state index < -0.39 is 0 Å². The Morgan fingerprint density at radius 1 is 1.16 bits per heavy atom. The zero-order chi connectivity index (χ0) is 17.8. The highest BCUT2D eigenvalue weighted by atomic mass is 16.2. The zero-order valence-electron chi connectivity index (χ0n) is 14.7. The smallest absolute Gasteiger partial charge is 0.227 e. The predicted octanol–water partition coefficient (Wildman–Crippen LogP) is 2.23. The molecule has 0 saturated heterocycles. The van der Waals surface area contributed by atoms with E-state index in [-0.39, 0.29) is 11.8 Å². The molecule has 0 saturated carbocycles. The molecule has 2 amide bonds. The van der Waals surface area contributed by atoms with Crippen LogP contribution < -0.4 is 4.90 Å². The van der Waals surface area contributed by atoms with Gasteiger partial charge in [0.15, 0.2) is 0 Å². The van der Waals surface area contributed by atoms with Gasteiger partial charge in [-0.05, 0) is 47.7 Å². The van der Waals surface area contributed by atoms with Crippen LogP contribution in [-0.2, 0) is 28.9 Å². The molecule has 2 heterocycles. The van der Waals surface area contributed by atoms with Crippen LogP contribution in [0.3, 0.4) is 0 Å². The molecule has 0 atom stereocenters. The number of amides is 2. The van der Waals surface area contributed by atoms with Crippen LogP contribution in [0.1, 0.15) is 23.1 Å². The number of fused-ring (bicyclic) bond motifs is 1. The number of aryl methyl sites for hydroxylation is 1. The molecule has 1 aliphatic rings. The van der Waals surface area contributed by atoms with E-state index in [0.29, 0.717) is 19.4 Å². The van der Waals surface area contributed by atoms with Gasteiger partial charge in [-0.15, -0.1) is 0 Å². The quantitative estimate of drug-likeness (QED) is 0.841. The van der Waals surface area contributed by atoms with Crippen molar-refractivity contribution in [2.24, 2.45) is 0 Å². The van der Waals surface area contributed by atoms with Crippen molar-refractivity contribution in [3.05, 3.63) is 59.4 Å². The predicted molar refractivity (Wildman–Crippen MR) is 97.5 cm³/mol. The van der Waals surface area contributed by atoms with E-state index in [2.05, 4.69) is 11.1 Å². The molecule has 0 aliphatic carbocycles. The molecule has 0 radical (unpaired) electrons. The van der Waals surface area contributed by atoms with Crippen LogP contribution in [0.5, 0.6) is 0 Å². The molecule has 0 N–H and O–H groups in total. The molecule has 0 bridgehead atoms. The number of pyridine rings is 1. The summed E-state index contributed by atoms with van der Waals surface area (Å²) in [6, 6.07) is 9.90. The summed E-state index contributed by atoms with van der Waals surface area (Å²) in [4.78, 5) is 31.7. The summed E-state index contributed by atoms with van der Waals surface area (Å²) in [6.45, 7) is 0.686. The van der Waals surface area contributed by atoms with Crippen molar-refractivity contribution in [3.63, 3.8) is 0 Å². The summed E-state index contributed by atoms with van der Waals surface area (Å²) >= 11 is 0. The van der Waals surface area contributed by atoms with E-state index in [9.17, 15) is 9.59 Å². The molecule has 1 aliphatic heterocycles. The lowest BCUT2D eigenvalue weighted by atomic mass is 9.98. The highest BCUT2D eigenvalue weighted by Gasteiger charge is 2.21. The molecule has 0 unspecified atom stereocenters. The van der Waals surface area contributed by atoms with Gasteiger partial charge in [-0.1, -0.05) is 12.1 Å². The van der Waals surface area contributed by atoms with Gasteiger partial charge >= 0.3 is 0 Å². The third-order valence-electron chi connectivity index (χ3n) is 4.75. The van der Waals surface area contributed by atoms with Gasteiger partial charge < -0.3 is 9.80 Å². The van der Waals surface area contributed by atoms with Crippen LogP contribution in [0, 0.1) is 0 Å². The Morgan fingerprint density at radius 2 is 1.92 bits per heavy atom. The number of nitrogens with zero attached hydrogens (tertiary/aromatic N) is 3. The van der Waals surface area contributed by atoms with Crippen LogP contribution >= 0.6 is 0 Å². The minimum atomic E-state index is 0.106. The van der Waals surface area contributed by atoms with Crippen molar-refractivity contribution in [3.8, 4) is 0 Å². The number of hydrogen-bond donors (Lipinski definition) is 0. The van der Waals surface area contributed by atoms with Crippen LogP contribution in [0.4, 0.5) is 5.69 Å². The largest absolute Gasteiger partial charge is 0.345 e. The topological polar surface area (TPSA) is 53.5 Å². The van der Waals surface area contributed by atoms with Gasteiger partial charge in [0.1, 0.15) is 0 Å². The zero-order valence-corrected chi connectivity index (χ0v) is 14.7. The minimum Gasteiger partial charge on any atom is -0.345 e. The van der Waals surface area contributed by atoms with Crippen molar-refractivity contribution in [2.75, 3.05) is 25.5 Å². The lowest BCUT2D eigenvalue weighted by molar-refractivity contribution is -0.129. The summed E-state index contributed by atoms with van der Waals surface area (Å²) in [5.74, 6) is 0.251. The summed E-state index contributed by atoms with van der Waals surface area (Å²) in [7, 11) is 3.65. The standard InChI is InChI=1S/C20H23N3O2/c1-22(12-9-15-7-10-21-11-8-15)20(25)14-16-3-5-18-17(13-16)4-6-19(24)23(18)2/h3,5,7-8,10-11,13H,4,6,9,12,14H2,1-2H3. The summed E-state index contributed by atoms with van der Waals surface area (Å²) in [6.07, 6.45) is 6.03. The fourth-order valence-electron chi connectivity index (χ4n) is 3.10. The van der Waals surface area contributed by atoms with Gasteiger partial charge in [0.2, 0.25) is 11.8 Å². The molecule has 5 heteroatoms. The lowest BCUT2D eigenvalue weighted by Gasteiger charge is -2.26. The van der Waals surface area contributed by atoms with Crippen LogP contribution in [0.25, 0.3) is 0 Å². The second-order valence-corrected chi connectivity index (χ2v) is 6.51. The first-order valence-corrected chi connectivity index (χ1v) is 8.56. The number of rotatable bonds is 5. The molecule has 0 spiro atoms. The normalized spacial score (nSPS) is 13.5. The Morgan fingerprint density at radius 3 is 2.68 bits per heavy atom. The molecule has 1 aromatic heterocycles. The lowest BCUT2D eigenvalue weighted by Crippen LogP contribution is -2.32. The number of carbonyl (C=O) groups excluding carboxylic acids is 2. The van der Waals surface area contributed by atoms with Crippen LogP contribution in [0.2, 0.25) is 0 Å². The van der Waals surface area contributed by atoms with Crippen molar-refractivity contribution in [2.45, 2.75) is 25.7 Å². The monoisotopic (exact) mass is 337 g/mol. The molecule has 0 fully saturated rings. The summed E-state index contributed by atoms with van der Waals surface area (Å²) in [5.41, 5.74) is 4.28. The minimum absolute atomic E-state index is 0.106. The van der Waals surface area contributed by atoms with Crippen LogP contribution in [0.15, 0.2) is 42.7 Å². The molecule has 2 aromatic rings.